The lowest BCUT2D eigenvalue weighted by Gasteiger charge is -2.14. The monoisotopic (exact) mass is 311 g/mol. The number of nitrogens with one attached hydrogen (secondary N) is 1. The van der Waals surface area contributed by atoms with Gasteiger partial charge in [-0.25, -0.2) is 4.79 Å². The lowest BCUT2D eigenvalue weighted by Crippen LogP contribution is -2.20. The first kappa shape index (κ1) is 14.3. The van der Waals surface area contributed by atoms with Crippen LogP contribution in [0.1, 0.15) is 10.4 Å². The van der Waals surface area contributed by atoms with Crippen molar-refractivity contribution < 1.29 is 19.5 Å². The third-order valence-corrected chi connectivity index (χ3v) is 3.19. The van der Waals surface area contributed by atoms with Crippen molar-refractivity contribution in [2.24, 2.45) is 0 Å². The zero-order chi connectivity index (χ0) is 14.9. The van der Waals surface area contributed by atoms with E-state index >= 15 is 0 Å². The molecule has 2 rings (SSSR count). The number of benzene rings is 1. The summed E-state index contributed by atoms with van der Waals surface area (Å²) in [6.45, 7) is 0. The van der Waals surface area contributed by atoms with Gasteiger partial charge in [-0.2, -0.15) is 0 Å². The molecule has 0 radical (unpaired) electrons. The first-order valence-electron chi connectivity index (χ1n) is 5.36. The maximum atomic E-state index is 11.8. The van der Waals surface area contributed by atoms with E-state index in [2.05, 4.69) is 5.32 Å². The molecule has 0 bridgehead atoms. The van der Waals surface area contributed by atoms with Gasteiger partial charge in [0, 0.05) is 11.8 Å². The quantitative estimate of drug-likeness (QED) is 0.838. The molecule has 0 saturated carbocycles. The highest BCUT2D eigenvalue weighted by molar-refractivity contribution is 6.55. The van der Waals surface area contributed by atoms with Gasteiger partial charge < -0.3 is 10.4 Å². The highest BCUT2D eigenvalue weighted by Gasteiger charge is 2.26. The van der Waals surface area contributed by atoms with Crippen molar-refractivity contribution in [2.75, 3.05) is 5.32 Å². The molecule has 0 aromatic heterocycles. The van der Waals surface area contributed by atoms with Gasteiger partial charge in [-0.3, -0.25) is 9.59 Å². The lowest BCUT2D eigenvalue weighted by atomic mass is 10.1. The molecule has 20 heavy (non-hydrogen) atoms. The fraction of sp³-hybridized carbons (Fsp3) is 0. The van der Waals surface area contributed by atoms with Crippen LogP contribution in [0.4, 0.5) is 5.69 Å². The standard InChI is InChI=1S/C13H7Cl2NO4/c14-8-5-9(17)10(15)11(12(8)18)16-7-3-1-6(2-4-7)13(19)20/h1-5,16H,(H,19,20). The van der Waals surface area contributed by atoms with E-state index in [9.17, 15) is 14.4 Å². The van der Waals surface area contributed by atoms with Crippen molar-refractivity contribution >= 4 is 46.4 Å². The Bertz CT molecular complexity index is 674. The Morgan fingerprint density at radius 1 is 1.10 bits per heavy atom. The van der Waals surface area contributed by atoms with Crippen LogP contribution in [0.25, 0.3) is 0 Å². The number of carbonyl (C=O) groups excluding carboxylic acids is 2. The SMILES string of the molecule is O=C1C=C(Cl)C(=O)C(Nc2ccc(C(=O)O)cc2)=C1Cl. The predicted octanol–water partition coefficient (Wildman–Crippen LogP) is 2.52. The molecular weight excluding hydrogens is 305 g/mol. The van der Waals surface area contributed by atoms with E-state index in [1.54, 1.807) is 0 Å². The Morgan fingerprint density at radius 3 is 2.25 bits per heavy atom. The smallest absolute Gasteiger partial charge is 0.335 e. The van der Waals surface area contributed by atoms with Crippen molar-refractivity contribution in [3.8, 4) is 0 Å². The number of hydrogen-bond acceptors (Lipinski definition) is 4. The van der Waals surface area contributed by atoms with Crippen LogP contribution >= 0.6 is 23.2 Å². The molecule has 0 saturated heterocycles. The maximum Gasteiger partial charge on any atom is 0.335 e. The minimum atomic E-state index is -1.07. The second-order valence-electron chi connectivity index (χ2n) is 3.88. The number of carboxylic acids is 1. The van der Waals surface area contributed by atoms with E-state index in [1.807, 2.05) is 0 Å². The minimum Gasteiger partial charge on any atom is -0.478 e. The Hall–Kier alpha value is -2.11. The normalized spacial score (nSPS) is 15.2. The van der Waals surface area contributed by atoms with Gasteiger partial charge in [0.1, 0.15) is 10.7 Å². The van der Waals surface area contributed by atoms with Crippen LogP contribution in [0.2, 0.25) is 0 Å². The summed E-state index contributed by atoms with van der Waals surface area (Å²) < 4.78 is 0. The molecule has 102 valence electrons. The lowest BCUT2D eigenvalue weighted by molar-refractivity contribution is -0.115. The average Bonchev–Trinajstić information content (AvgIpc) is 2.42. The van der Waals surface area contributed by atoms with Crippen LogP contribution < -0.4 is 5.32 Å². The van der Waals surface area contributed by atoms with Gasteiger partial charge in [0.2, 0.25) is 11.6 Å². The molecule has 0 unspecified atom stereocenters. The van der Waals surface area contributed by atoms with Crippen LogP contribution in [0.5, 0.6) is 0 Å². The number of aromatic carboxylic acids is 1. The van der Waals surface area contributed by atoms with Gasteiger partial charge in [-0.15, -0.1) is 0 Å². The van der Waals surface area contributed by atoms with Crippen LogP contribution in [0, 0.1) is 0 Å². The number of Topliss-reactive ketones (excluding diaryl/α,β-unsaturated/α-hetero) is 1. The van der Waals surface area contributed by atoms with Crippen molar-refractivity contribution in [3.05, 3.63) is 51.7 Å². The van der Waals surface area contributed by atoms with Crippen LogP contribution in [-0.2, 0) is 9.59 Å². The number of ketones is 2. The molecule has 2 N–H and O–H groups in total. The number of halogens is 2. The van der Waals surface area contributed by atoms with Crippen LogP contribution in [0.15, 0.2) is 46.1 Å². The third kappa shape index (κ3) is 2.74. The summed E-state index contributed by atoms with van der Waals surface area (Å²) in [5.74, 6) is -2.23. The van der Waals surface area contributed by atoms with Gasteiger partial charge in [0.05, 0.1) is 10.6 Å². The summed E-state index contributed by atoms with van der Waals surface area (Å²) in [5, 5.41) is 10.9. The summed E-state index contributed by atoms with van der Waals surface area (Å²) in [4.78, 5) is 34.0. The van der Waals surface area contributed by atoms with Gasteiger partial charge >= 0.3 is 5.97 Å². The molecule has 0 spiro atoms. The van der Waals surface area contributed by atoms with Crippen molar-refractivity contribution in [1.29, 1.82) is 0 Å². The third-order valence-electron chi connectivity index (χ3n) is 2.54. The Labute approximate surface area is 123 Å². The van der Waals surface area contributed by atoms with Crippen molar-refractivity contribution in [3.63, 3.8) is 0 Å². The van der Waals surface area contributed by atoms with Gasteiger partial charge in [-0.05, 0) is 24.3 Å². The van der Waals surface area contributed by atoms with Gasteiger partial charge in [-0.1, -0.05) is 23.2 Å². The average molecular weight is 312 g/mol. The second-order valence-corrected chi connectivity index (χ2v) is 4.67. The van der Waals surface area contributed by atoms with Crippen LogP contribution in [-0.4, -0.2) is 22.6 Å². The Morgan fingerprint density at radius 2 is 1.70 bits per heavy atom. The van der Waals surface area contributed by atoms with Crippen molar-refractivity contribution in [2.45, 2.75) is 0 Å². The summed E-state index contributed by atoms with van der Waals surface area (Å²) in [6.07, 6.45) is 0.949. The maximum absolute atomic E-state index is 11.8. The summed E-state index contributed by atoms with van der Waals surface area (Å²) in [5.41, 5.74) is 0.377. The highest BCUT2D eigenvalue weighted by atomic mass is 35.5. The molecule has 1 aromatic rings. The number of anilines is 1. The molecule has 1 aliphatic carbocycles. The molecular formula is C13H7Cl2NO4. The Balaban J connectivity index is 2.29. The summed E-state index contributed by atoms with van der Waals surface area (Å²) in [7, 11) is 0. The first-order valence-corrected chi connectivity index (χ1v) is 6.12. The molecule has 1 aromatic carbocycles. The molecule has 1 aliphatic rings. The number of hydrogen-bond donors (Lipinski definition) is 2. The van der Waals surface area contributed by atoms with Gasteiger partial charge in [0.15, 0.2) is 0 Å². The number of allylic oxidation sites excluding steroid dienone is 3. The van der Waals surface area contributed by atoms with E-state index in [-0.39, 0.29) is 21.3 Å². The molecule has 0 aliphatic heterocycles. The second kappa shape index (κ2) is 5.48. The number of carboxylic acid groups (broad SMARTS) is 1. The van der Waals surface area contributed by atoms with E-state index < -0.39 is 17.5 Å². The fourth-order valence-corrected chi connectivity index (χ4v) is 1.92. The summed E-state index contributed by atoms with van der Waals surface area (Å²) >= 11 is 11.4. The van der Waals surface area contributed by atoms with E-state index in [4.69, 9.17) is 28.3 Å². The first-order chi connectivity index (χ1) is 9.40. The van der Waals surface area contributed by atoms with Gasteiger partial charge in [0.25, 0.3) is 0 Å². The predicted molar refractivity (Wildman–Crippen MR) is 73.9 cm³/mol. The topological polar surface area (TPSA) is 83.5 Å². The molecule has 0 atom stereocenters. The summed E-state index contributed by atoms with van der Waals surface area (Å²) in [6, 6.07) is 5.60. The van der Waals surface area contributed by atoms with Crippen molar-refractivity contribution in [1.82, 2.24) is 0 Å². The minimum absolute atomic E-state index is 0.0969. The molecule has 0 amide bonds. The van der Waals surface area contributed by atoms with E-state index in [0.29, 0.717) is 5.69 Å². The molecule has 7 heteroatoms. The Kier molecular flexibility index (Phi) is 3.92. The van der Waals surface area contributed by atoms with E-state index in [0.717, 1.165) is 6.08 Å². The fourth-order valence-electron chi connectivity index (χ4n) is 1.54. The highest BCUT2D eigenvalue weighted by Crippen LogP contribution is 2.25. The van der Waals surface area contributed by atoms with Crippen LogP contribution in [0.3, 0.4) is 0 Å². The number of carbonyl (C=O) groups is 3. The molecule has 5 nitrogen and oxygen atoms in total. The number of rotatable bonds is 3. The zero-order valence-corrected chi connectivity index (χ0v) is 11.3. The zero-order valence-electron chi connectivity index (χ0n) is 9.81. The molecule has 0 fully saturated rings. The van der Waals surface area contributed by atoms with E-state index in [1.165, 1.54) is 24.3 Å². The molecule has 0 heterocycles. The largest absolute Gasteiger partial charge is 0.478 e.